The van der Waals surface area contributed by atoms with Crippen LogP contribution in [0, 0.1) is 7.43 Å². The van der Waals surface area contributed by atoms with E-state index in [-0.39, 0.29) is 46.4 Å². The standard InChI is InChI=1S/2C30H23N10.CH3.2Zn/c2*1-3-11-19(12-4-1)29-30(20-13-5-2-6-14-20,39-27(37-29)35-25-31-21-15-7-8-16-22(21)32-25)40-28(38-29)36-26-33-23-17-9-10-18-24(23)34-26;;;/h2*1-18H,(H5-,31,32,33,34,35,36,37,38,39,40);1H3;;/q3*-1;;+2/t2*29-,30+;;;. The van der Waals surface area contributed by atoms with Gasteiger partial charge in [-0.1, -0.05) is 170 Å². The molecular formula is C61H49N20Zn2-. The van der Waals surface area contributed by atoms with Crippen molar-refractivity contribution < 1.29 is 39.0 Å². The van der Waals surface area contributed by atoms with Gasteiger partial charge in [0.1, 0.15) is 23.2 Å². The van der Waals surface area contributed by atoms with Crippen LogP contribution in [0.2, 0.25) is 0 Å². The van der Waals surface area contributed by atoms with Crippen molar-refractivity contribution in [2.75, 3.05) is 21.3 Å². The van der Waals surface area contributed by atoms with Crippen LogP contribution >= 0.6 is 0 Å². The number of hydrogen-bond acceptors (Lipinski definition) is 14. The van der Waals surface area contributed by atoms with Gasteiger partial charge in [0.15, 0.2) is 11.3 Å². The van der Waals surface area contributed by atoms with E-state index in [1.807, 2.05) is 218 Å². The van der Waals surface area contributed by atoms with Crippen molar-refractivity contribution in [2.24, 2.45) is 20.0 Å². The van der Waals surface area contributed by atoms with E-state index in [0.29, 0.717) is 47.6 Å². The quantitative estimate of drug-likeness (QED) is 0.0508. The van der Waals surface area contributed by atoms with Gasteiger partial charge < -0.3 is 69.2 Å². The number of guanidine groups is 4. The van der Waals surface area contributed by atoms with Gasteiger partial charge in [-0.15, -0.1) is 0 Å². The first kappa shape index (κ1) is 53.6. The van der Waals surface area contributed by atoms with Gasteiger partial charge in [-0.3, -0.25) is 10.6 Å². The fourth-order valence-electron chi connectivity index (χ4n) is 10.9. The number of nitrogens with zero attached hydrogens (tertiary/aromatic N) is 10. The van der Waals surface area contributed by atoms with E-state index in [1.54, 1.807) is 0 Å². The number of fused-ring (bicyclic) bond motifs is 6. The predicted molar refractivity (Wildman–Crippen MR) is 320 cm³/mol. The Labute approximate surface area is 500 Å². The van der Waals surface area contributed by atoms with Crippen molar-refractivity contribution in [3.8, 4) is 0 Å². The second-order valence-corrected chi connectivity index (χ2v) is 19.4. The minimum Gasteiger partial charge on any atom is -0.383 e. The van der Waals surface area contributed by atoms with Crippen LogP contribution in [0.15, 0.2) is 238 Å². The third kappa shape index (κ3) is 9.17. The van der Waals surface area contributed by atoms with Crippen molar-refractivity contribution in [3.63, 3.8) is 0 Å². The Morgan fingerprint density at radius 2 is 0.578 bits per heavy atom. The van der Waals surface area contributed by atoms with E-state index >= 15 is 0 Å². The number of benzene rings is 8. The van der Waals surface area contributed by atoms with Gasteiger partial charge in [-0.25, -0.2) is 29.9 Å². The van der Waals surface area contributed by atoms with Crippen LogP contribution in [0.3, 0.4) is 0 Å². The summed E-state index contributed by atoms with van der Waals surface area (Å²) in [6.07, 6.45) is 0. The summed E-state index contributed by atoms with van der Waals surface area (Å²) in [5.41, 5.74) is 6.31. The molecule has 83 heavy (non-hydrogen) atoms. The second kappa shape index (κ2) is 21.5. The SMILES string of the molecule is [CH3-].[Zn+2].[Zn].c1ccc([C@]23N=C(Nc4nc5ccccc5[nH]4)N[C@@]2(c2ccccc2)N=C(Nc2nc4ccccc4[nH]2)[N-]3)cc1.c1ccc([C@]23N=C(Nc4nc5ccccc5[nH]4)N[C@@]2(c2ccccc2)N=C(Nc2nc4ccccc4[nH]2)[N-]3)cc1. The van der Waals surface area contributed by atoms with Crippen LogP contribution in [0.5, 0.6) is 0 Å². The molecule has 22 heteroatoms. The third-order valence-electron chi connectivity index (χ3n) is 14.5. The zero-order valence-electron chi connectivity index (χ0n) is 44.7. The average Bonchev–Trinajstić information content (AvgIpc) is 1.87. The molecule has 0 radical (unpaired) electrons. The molecule has 0 unspecified atom stereocenters. The molecule has 4 aliphatic rings. The van der Waals surface area contributed by atoms with Crippen molar-refractivity contribution in [1.82, 2.24) is 50.5 Å². The molecule has 12 aromatic rings. The summed E-state index contributed by atoms with van der Waals surface area (Å²) in [4.78, 5) is 52.6. The smallest absolute Gasteiger partial charge is 0.383 e. The summed E-state index contributed by atoms with van der Waals surface area (Å²) in [6.45, 7) is 0. The molecular weight excluding hydrogens is 1140 g/mol. The Hall–Kier alpha value is -10.0. The second-order valence-electron chi connectivity index (χ2n) is 19.4. The number of anilines is 4. The van der Waals surface area contributed by atoms with E-state index in [1.165, 1.54) is 0 Å². The molecule has 20 nitrogen and oxygen atoms in total. The first-order valence-electron chi connectivity index (χ1n) is 25.9. The first-order valence-corrected chi connectivity index (χ1v) is 25.9. The van der Waals surface area contributed by atoms with E-state index in [4.69, 9.17) is 30.6 Å². The minimum absolute atomic E-state index is 0. The number of hydrogen-bond donors (Lipinski definition) is 10. The number of nitrogens with one attached hydrogen (secondary N) is 10. The molecule has 0 saturated carbocycles. The maximum Gasteiger partial charge on any atom is 2.00 e. The molecule has 398 valence electrons. The zero-order valence-corrected chi connectivity index (χ0v) is 50.6. The van der Waals surface area contributed by atoms with Crippen LogP contribution < -0.4 is 31.9 Å². The molecule has 16 rings (SSSR count). The Morgan fingerprint density at radius 1 is 0.313 bits per heavy atom. The number of H-pyrrole nitrogens is 4. The van der Waals surface area contributed by atoms with Gasteiger partial charge >= 0.3 is 19.5 Å². The average molecular weight is 1190 g/mol. The monoisotopic (exact) mass is 1190 g/mol. The predicted octanol–water partition coefficient (Wildman–Crippen LogP) is 11.2. The molecule has 4 atom stereocenters. The van der Waals surface area contributed by atoms with E-state index in [2.05, 4.69) is 71.8 Å². The van der Waals surface area contributed by atoms with Gasteiger partial charge in [0.2, 0.25) is 23.8 Å². The summed E-state index contributed by atoms with van der Waals surface area (Å²) in [6, 6.07) is 71.6. The van der Waals surface area contributed by atoms with Crippen LogP contribution in [-0.4, -0.2) is 63.7 Å². The van der Waals surface area contributed by atoms with E-state index < -0.39 is 22.7 Å². The van der Waals surface area contributed by atoms with Crippen LogP contribution in [0.4, 0.5) is 23.8 Å². The minimum atomic E-state index is -1.14. The van der Waals surface area contributed by atoms with Gasteiger partial charge in [-0.2, -0.15) is 0 Å². The van der Waals surface area contributed by atoms with Crippen molar-refractivity contribution in [2.45, 2.75) is 22.7 Å². The van der Waals surface area contributed by atoms with Gasteiger partial charge in [0.25, 0.3) is 0 Å². The van der Waals surface area contributed by atoms with Crippen LogP contribution in [-0.2, 0) is 61.6 Å². The number of imidazole rings is 4. The Morgan fingerprint density at radius 3 is 0.880 bits per heavy atom. The molecule has 8 aromatic carbocycles. The number of aromatic nitrogens is 8. The first-order chi connectivity index (χ1) is 39.4. The van der Waals surface area contributed by atoms with Gasteiger partial charge in [0, 0.05) is 31.4 Å². The molecule has 8 heterocycles. The van der Waals surface area contributed by atoms with Crippen LogP contribution in [0.1, 0.15) is 22.3 Å². The summed E-state index contributed by atoms with van der Waals surface area (Å²) in [5.74, 6) is 4.08. The van der Waals surface area contributed by atoms with Crippen molar-refractivity contribution >= 4 is 91.8 Å². The van der Waals surface area contributed by atoms with Crippen molar-refractivity contribution in [1.29, 1.82) is 0 Å². The maximum absolute atomic E-state index is 5.18. The number of aliphatic imine (C=N–C) groups is 4. The fraction of sp³-hybridized carbons (Fsp3) is 0.0656. The molecule has 0 bridgehead atoms. The Bertz CT molecular complexity index is 3730. The largest absolute Gasteiger partial charge is 2.00 e. The Kier molecular flexibility index (Phi) is 13.9. The van der Waals surface area contributed by atoms with Gasteiger partial charge in [0.05, 0.1) is 44.1 Å². The molecule has 0 spiro atoms. The number of aromatic amines is 4. The summed E-state index contributed by atoms with van der Waals surface area (Å²) in [5, 5.41) is 30.8. The van der Waals surface area contributed by atoms with Crippen LogP contribution in [0.25, 0.3) is 54.8 Å². The molecule has 0 fully saturated rings. The molecule has 0 saturated heterocycles. The van der Waals surface area contributed by atoms with E-state index in [0.717, 1.165) is 66.4 Å². The third-order valence-corrected chi connectivity index (χ3v) is 14.5. The summed E-state index contributed by atoms with van der Waals surface area (Å²) in [7, 11) is 0. The van der Waals surface area contributed by atoms with Gasteiger partial charge in [-0.05, 0) is 70.8 Å². The summed E-state index contributed by atoms with van der Waals surface area (Å²) >= 11 is 0. The van der Waals surface area contributed by atoms with Crippen molar-refractivity contribution in [3.05, 3.63) is 259 Å². The molecule has 0 aliphatic carbocycles. The molecule has 0 amide bonds. The zero-order chi connectivity index (χ0) is 53.1. The maximum atomic E-state index is 5.18. The molecule has 10 N–H and O–H groups in total. The van der Waals surface area contributed by atoms with E-state index in [9.17, 15) is 0 Å². The summed E-state index contributed by atoms with van der Waals surface area (Å²) < 4.78 is 0. The number of rotatable bonds is 8. The fourth-order valence-corrected chi connectivity index (χ4v) is 10.9. The Balaban J connectivity index is 0.000000158. The topological polar surface area (TPSA) is 265 Å². The number of para-hydroxylation sites is 8. The normalized spacial score (nSPS) is 20.6. The molecule has 4 aromatic heterocycles. The molecule has 4 aliphatic heterocycles.